The average molecular weight is 241 g/mol. The van der Waals surface area contributed by atoms with E-state index in [1.165, 1.54) is 0 Å². The third kappa shape index (κ3) is 3.68. The van der Waals surface area contributed by atoms with Crippen LogP contribution in [0.15, 0.2) is 0 Å². The molecule has 0 unspecified atom stereocenters. The van der Waals surface area contributed by atoms with Gasteiger partial charge in [0.2, 0.25) is 5.91 Å². The van der Waals surface area contributed by atoms with Crippen molar-refractivity contribution in [2.75, 3.05) is 26.2 Å². The quantitative estimate of drug-likeness (QED) is 0.800. The summed E-state index contributed by atoms with van der Waals surface area (Å²) < 4.78 is 0. The second kappa shape index (κ2) is 5.83. The van der Waals surface area contributed by atoms with Crippen molar-refractivity contribution in [2.45, 2.75) is 52.1 Å². The molecule has 4 heteroatoms. The number of hydrogen-bond donors (Lipinski definition) is 1. The highest BCUT2D eigenvalue weighted by molar-refractivity contribution is 5.85. The Bertz CT molecular complexity index is 248. The molecular weight excluding hydrogens is 214 g/mol. The molecule has 0 bridgehead atoms. The zero-order valence-electron chi connectivity index (χ0n) is 11.7. The number of carbonyl (C=O) groups excluding carboxylic acids is 1. The molecule has 1 rings (SSSR count). The predicted molar refractivity (Wildman–Crippen MR) is 70.8 cm³/mol. The molecule has 0 aromatic heterocycles. The largest absolute Gasteiger partial charge is 0.341 e. The van der Waals surface area contributed by atoms with Gasteiger partial charge in [-0.1, -0.05) is 13.8 Å². The molecule has 1 saturated heterocycles. The minimum Gasteiger partial charge on any atom is -0.341 e. The smallest absolute Gasteiger partial charge is 0.242 e. The van der Waals surface area contributed by atoms with Crippen molar-refractivity contribution in [1.82, 2.24) is 9.80 Å². The molecule has 0 spiro atoms. The Hall–Kier alpha value is -0.610. The van der Waals surface area contributed by atoms with E-state index in [4.69, 9.17) is 5.73 Å². The summed E-state index contributed by atoms with van der Waals surface area (Å²) in [6, 6.07) is 0.634. The van der Waals surface area contributed by atoms with Crippen LogP contribution in [0, 0.1) is 0 Å². The van der Waals surface area contributed by atoms with Gasteiger partial charge in [0.1, 0.15) is 0 Å². The Morgan fingerprint density at radius 3 is 2.12 bits per heavy atom. The molecule has 2 N–H and O–H groups in total. The molecule has 0 aromatic carbocycles. The Morgan fingerprint density at radius 1 is 1.29 bits per heavy atom. The molecular formula is C13H27N3O. The first kappa shape index (κ1) is 14.5. The number of carbonyl (C=O) groups is 1. The molecule has 1 amide bonds. The molecule has 0 saturated carbocycles. The summed E-state index contributed by atoms with van der Waals surface area (Å²) in [7, 11) is 0. The van der Waals surface area contributed by atoms with Gasteiger partial charge in [-0.15, -0.1) is 0 Å². The van der Waals surface area contributed by atoms with Crippen LogP contribution in [0.4, 0.5) is 0 Å². The van der Waals surface area contributed by atoms with Crippen molar-refractivity contribution >= 4 is 5.91 Å². The number of likely N-dealkylation sites (tertiary alicyclic amines) is 1. The summed E-state index contributed by atoms with van der Waals surface area (Å²) in [5.41, 5.74) is 5.12. The monoisotopic (exact) mass is 241 g/mol. The lowest BCUT2D eigenvalue weighted by atomic mass is 9.99. The lowest BCUT2D eigenvalue weighted by Gasteiger charge is -2.39. The maximum atomic E-state index is 12.0. The van der Waals surface area contributed by atoms with E-state index in [1.807, 2.05) is 4.90 Å². The van der Waals surface area contributed by atoms with E-state index in [-0.39, 0.29) is 5.91 Å². The highest BCUT2D eigenvalue weighted by Gasteiger charge is 2.31. The Balaban J connectivity index is 2.48. The molecule has 0 aliphatic carbocycles. The van der Waals surface area contributed by atoms with Gasteiger partial charge in [0.25, 0.3) is 0 Å². The number of hydrogen-bond acceptors (Lipinski definition) is 3. The molecule has 0 atom stereocenters. The van der Waals surface area contributed by atoms with E-state index in [0.717, 1.165) is 39.0 Å². The second-order valence-corrected chi connectivity index (χ2v) is 5.47. The molecule has 0 radical (unpaired) electrons. The van der Waals surface area contributed by atoms with Crippen LogP contribution in [-0.4, -0.2) is 53.5 Å². The van der Waals surface area contributed by atoms with Crippen LogP contribution >= 0.6 is 0 Å². The predicted octanol–water partition coefficient (Wildman–Crippen LogP) is 1.06. The summed E-state index contributed by atoms with van der Waals surface area (Å²) in [5, 5.41) is 0. The molecule has 4 nitrogen and oxygen atoms in total. The Morgan fingerprint density at radius 2 is 1.76 bits per heavy atom. The van der Waals surface area contributed by atoms with E-state index in [2.05, 4.69) is 18.7 Å². The van der Waals surface area contributed by atoms with Gasteiger partial charge in [0.05, 0.1) is 5.54 Å². The normalized spacial score (nSPS) is 18.8. The first-order valence-electron chi connectivity index (χ1n) is 6.72. The van der Waals surface area contributed by atoms with Crippen LogP contribution < -0.4 is 5.73 Å². The van der Waals surface area contributed by atoms with Crippen LogP contribution in [0.2, 0.25) is 0 Å². The van der Waals surface area contributed by atoms with Gasteiger partial charge < -0.3 is 15.5 Å². The SMILES string of the molecule is CCN(CC)C1CCN(C(=O)C(C)(C)N)CC1. The van der Waals surface area contributed by atoms with Gasteiger partial charge in [-0.2, -0.15) is 0 Å². The lowest BCUT2D eigenvalue weighted by molar-refractivity contribution is -0.137. The number of piperidine rings is 1. The number of nitrogens with zero attached hydrogens (tertiary/aromatic N) is 2. The third-order valence-electron chi connectivity index (χ3n) is 3.63. The fourth-order valence-corrected chi connectivity index (χ4v) is 2.58. The lowest BCUT2D eigenvalue weighted by Crippen LogP contribution is -2.55. The average Bonchev–Trinajstić information content (AvgIpc) is 2.29. The van der Waals surface area contributed by atoms with Crippen molar-refractivity contribution in [3.8, 4) is 0 Å². The molecule has 1 aliphatic rings. The Labute approximate surface area is 105 Å². The summed E-state index contributed by atoms with van der Waals surface area (Å²) in [4.78, 5) is 16.4. The molecule has 1 aliphatic heterocycles. The van der Waals surface area contributed by atoms with Gasteiger partial charge in [-0.05, 0) is 39.8 Å². The van der Waals surface area contributed by atoms with Crippen molar-refractivity contribution < 1.29 is 4.79 Å². The second-order valence-electron chi connectivity index (χ2n) is 5.47. The molecule has 100 valence electrons. The minimum atomic E-state index is -0.734. The van der Waals surface area contributed by atoms with E-state index in [9.17, 15) is 4.79 Å². The van der Waals surface area contributed by atoms with Crippen LogP contribution in [-0.2, 0) is 4.79 Å². The first-order valence-corrected chi connectivity index (χ1v) is 6.72. The number of rotatable bonds is 4. The number of nitrogens with two attached hydrogens (primary N) is 1. The van der Waals surface area contributed by atoms with Crippen molar-refractivity contribution in [3.05, 3.63) is 0 Å². The first-order chi connectivity index (χ1) is 7.90. The summed E-state index contributed by atoms with van der Waals surface area (Å²) in [5.74, 6) is 0.0792. The topological polar surface area (TPSA) is 49.6 Å². The van der Waals surface area contributed by atoms with Crippen molar-refractivity contribution in [3.63, 3.8) is 0 Å². The fraction of sp³-hybridized carbons (Fsp3) is 0.923. The molecule has 1 heterocycles. The molecule has 0 aromatic rings. The van der Waals surface area contributed by atoms with Crippen LogP contribution in [0.5, 0.6) is 0 Å². The van der Waals surface area contributed by atoms with Crippen molar-refractivity contribution in [2.24, 2.45) is 5.73 Å². The van der Waals surface area contributed by atoms with Crippen molar-refractivity contribution in [1.29, 1.82) is 0 Å². The maximum absolute atomic E-state index is 12.0. The minimum absolute atomic E-state index is 0.0792. The van der Waals surface area contributed by atoms with E-state index in [0.29, 0.717) is 6.04 Å². The summed E-state index contributed by atoms with van der Waals surface area (Å²) in [6.07, 6.45) is 2.15. The van der Waals surface area contributed by atoms with Gasteiger partial charge in [0, 0.05) is 19.1 Å². The summed E-state index contributed by atoms with van der Waals surface area (Å²) in [6.45, 7) is 11.8. The van der Waals surface area contributed by atoms with E-state index >= 15 is 0 Å². The molecule has 17 heavy (non-hydrogen) atoms. The third-order valence-corrected chi connectivity index (χ3v) is 3.63. The number of amides is 1. The van der Waals surface area contributed by atoms with Crippen LogP contribution in [0.1, 0.15) is 40.5 Å². The highest BCUT2D eigenvalue weighted by Crippen LogP contribution is 2.18. The van der Waals surface area contributed by atoms with Gasteiger partial charge in [0.15, 0.2) is 0 Å². The van der Waals surface area contributed by atoms with E-state index < -0.39 is 5.54 Å². The van der Waals surface area contributed by atoms with Gasteiger partial charge in [-0.3, -0.25) is 4.79 Å². The fourth-order valence-electron chi connectivity index (χ4n) is 2.58. The summed E-state index contributed by atoms with van der Waals surface area (Å²) >= 11 is 0. The van der Waals surface area contributed by atoms with Gasteiger partial charge in [-0.25, -0.2) is 0 Å². The maximum Gasteiger partial charge on any atom is 0.242 e. The van der Waals surface area contributed by atoms with E-state index in [1.54, 1.807) is 13.8 Å². The zero-order chi connectivity index (χ0) is 13.1. The van der Waals surface area contributed by atoms with Crippen LogP contribution in [0.25, 0.3) is 0 Å². The van der Waals surface area contributed by atoms with Gasteiger partial charge >= 0.3 is 0 Å². The molecule has 1 fully saturated rings. The zero-order valence-corrected chi connectivity index (χ0v) is 11.7. The standard InChI is InChI=1S/C13H27N3O/c1-5-15(6-2)11-7-9-16(10-8-11)12(17)13(3,4)14/h11H,5-10,14H2,1-4H3. The van der Waals surface area contributed by atoms with Crippen LogP contribution in [0.3, 0.4) is 0 Å². The highest BCUT2D eigenvalue weighted by atomic mass is 16.2. The Kier molecular flexibility index (Phi) is 4.95.